The number of carbonyl (C=O) groups is 1. The Hall–Kier alpha value is -2.41. The van der Waals surface area contributed by atoms with Crippen molar-refractivity contribution < 1.29 is 4.79 Å². The molecule has 0 unspecified atom stereocenters. The van der Waals surface area contributed by atoms with E-state index in [2.05, 4.69) is 26.2 Å². The lowest BCUT2D eigenvalue weighted by atomic mass is 10.0. The van der Waals surface area contributed by atoms with Gasteiger partial charge in [0.2, 0.25) is 0 Å². The van der Waals surface area contributed by atoms with Crippen LogP contribution in [0.25, 0.3) is 33.1 Å². The largest absolute Gasteiger partial charge is 0.360 e. The maximum absolute atomic E-state index is 12.7. The molecule has 2 aromatic carbocycles. The number of H-pyrrole nitrogens is 1. The fraction of sp³-hybridized carbons (Fsp3) is 0.100. The number of fused-ring (bicyclic) bond motifs is 2. The molecule has 0 atom stereocenters. The number of amides is 1. The average molecular weight is 444 g/mol. The summed E-state index contributed by atoms with van der Waals surface area (Å²) in [5, 5.41) is 5.12. The molecule has 0 radical (unpaired) electrons. The zero-order chi connectivity index (χ0) is 19.0. The molecule has 5 nitrogen and oxygen atoms in total. The predicted molar refractivity (Wildman–Crippen MR) is 113 cm³/mol. The van der Waals surface area contributed by atoms with Crippen molar-refractivity contribution in [2.24, 2.45) is 5.73 Å². The third-order valence-corrected chi connectivity index (χ3v) is 5.09. The van der Waals surface area contributed by atoms with E-state index in [1.165, 1.54) is 0 Å². The van der Waals surface area contributed by atoms with Crippen LogP contribution in [0.5, 0.6) is 0 Å². The molecule has 2 heterocycles. The number of benzene rings is 2. The van der Waals surface area contributed by atoms with Crippen LogP contribution in [0.2, 0.25) is 5.02 Å². The van der Waals surface area contributed by atoms with Crippen LogP contribution in [0.4, 0.5) is 0 Å². The Labute approximate surface area is 169 Å². The van der Waals surface area contributed by atoms with Crippen molar-refractivity contribution in [2.45, 2.75) is 0 Å². The van der Waals surface area contributed by atoms with Crippen molar-refractivity contribution >= 4 is 55.2 Å². The smallest absolute Gasteiger partial charge is 0.252 e. The number of nitrogens with two attached hydrogens (primary N) is 1. The zero-order valence-electron chi connectivity index (χ0n) is 14.2. The molecule has 2 aromatic heterocycles. The summed E-state index contributed by atoms with van der Waals surface area (Å²) in [4.78, 5) is 20.7. The van der Waals surface area contributed by atoms with Gasteiger partial charge in [0.1, 0.15) is 0 Å². The second-order valence-corrected chi connectivity index (χ2v) is 7.51. The van der Waals surface area contributed by atoms with E-state index in [4.69, 9.17) is 22.3 Å². The van der Waals surface area contributed by atoms with Crippen molar-refractivity contribution in [1.82, 2.24) is 15.3 Å². The maximum Gasteiger partial charge on any atom is 0.252 e. The van der Waals surface area contributed by atoms with E-state index in [1.807, 2.05) is 30.5 Å². The Morgan fingerprint density at radius 1 is 1.19 bits per heavy atom. The van der Waals surface area contributed by atoms with E-state index < -0.39 is 0 Å². The van der Waals surface area contributed by atoms with Gasteiger partial charge >= 0.3 is 0 Å². The number of hydrogen-bond donors (Lipinski definition) is 3. The molecule has 0 spiro atoms. The predicted octanol–water partition coefficient (Wildman–Crippen LogP) is 4.49. The van der Waals surface area contributed by atoms with Gasteiger partial charge in [-0.15, -0.1) is 0 Å². The number of aromatic nitrogens is 2. The Morgan fingerprint density at radius 3 is 2.85 bits per heavy atom. The molecule has 1 amide bonds. The van der Waals surface area contributed by atoms with Crippen LogP contribution in [-0.2, 0) is 0 Å². The lowest BCUT2D eigenvalue weighted by molar-refractivity contribution is 0.0956. The summed E-state index contributed by atoms with van der Waals surface area (Å²) >= 11 is 9.66. The third-order valence-electron chi connectivity index (χ3n) is 4.36. The van der Waals surface area contributed by atoms with Crippen LogP contribution in [0, 0.1) is 0 Å². The topological polar surface area (TPSA) is 83.8 Å². The number of nitrogens with one attached hydrogen (secondary N) is 2. The van der Waals surface area contributed by atoms with Gasteiger partial charge in [-0.05, 0) is 42.5 Å². The van der Waals surface area contributed by atoms with Crippen molar-refractivity contribution in [3.8, 4) is 11.3 Å². The number of halogens is 2. The monoisotopic (exact) mass is 442 g/mol. The second kappa shape index (κ2) is 7.31. The number of carbonyl (C=O) groups excluding carboxylic acids is 1. The molecule has 0 aliphatic heterocycles. The van der Waals surface area contributed by atoms with Crippen LogP contribution in [0.3, 0.4) is 0 Å². The van der Waals surface area contributed by atoms with Gasteiger partial charge in [-0.3, -0.25) is 4.79 Å². The van der Waals surface area contributed by atoms with E-state index in [-0.39, 0.29) is 5.91 Å². The molecule has 136 valence electrons. The van der Waals surface area contributed by atoms with Crippen LogP contribution in [0.1, 0.15) is 10.4 Å². The van der Waals surface area contributed by atoms with E-state index in [9.17, 15) is 4.79 Å². The van der Waals surface area contributed by atoms with Crippen molar-refractivity contribution in [3.63, 3.8) is 0 Å². The summed E-state index contributed by atoms with van der Waals surface area (Å²) in [6.45, 7) is 0.775. The Balaban J connectivity index is 1.94. The zero-order valence-corrected chi connectivity index (χ0v) is 16.6. The molecule has 0 fully saturated rings. The SMILES string of the molecule is NCCNC(=O)c1cc(-c2c[nH]c3ccc(Br)cc23)nc2ccc(Cl)cc12. The van der Waals surface area contributed by atoms with Gasteiger partial charge in [-0.25, -0.2) is 4.98 Å². The number of rotatable bonds is 4. The highest BCUT2D eigenvalue weighted by molar-refractivity contribution is 9.10. The number of nitrogens with zero attached hydrogens (tertiary/aromatic N) is 1. The van der Waals surface area contributed by atoms with Crippen LogP contribution < -0.4 is 11.1 Å². The van der Waals surface area contributed by atoms with Gasteiger partial charge in [0, 0.05) is 50.6 Å². The van der Waals surface area contributed by atoms with Gasteiger partial charge in [0.15, 0.2) is 0 Å². The molecule has 0 aliphatic carbocycles. The second-order valence-electron chi connectivity index (χ2n) is 6.15. The molecule has 7 heteroatoms. The average Bonchev–Trinajstić information content (AvgIpc) is 3.08. The third kappa shape index (κ3) is 3.43. The van der Waals surface area contributed by atoms with E-state index in [0.29, 0.717) is 40.3 Å². The summed E-state index contributed by atoms with van der Waals surface area (Å²) < 4.78 is 0.976. The quantitative estimate of drug-likeness (QED) is 0.434. The summed E-state index contributed by atoms with van der Waals surface area (Å²) in [5.41, 5.74) is 9.39. The van der Waals surface area contributed by atoms with Crippen molar-refractivity contribution in [3.05, 3.63) is 63.7 Å². The van der Waals surface area contributed by atoms with Crippen LogP contribution >= 0.6 is 27.5 Å². The molecule has 0 aliphatic rings. The highest BCUT2D eigenvalue weighted by Gasteiger charge is 2.16. The first-order valence-corrected chi connectivity index (χ1v) is 9.59. The minimum absolute atomic E-state index is 0.197. The molecule has 0 saturated carbocycles. The molecule has 0 saturated heterocycles. The highest BCUT2D eigenvalue weighted by atomic mass is 79.9. The molecular formula is C20H16BrClN4O. The summed E-state index contributed by atoms with van der Waals surface area (Å²) in [6.07, 6.45) is 1.91. The fourth-order valence-electron chi connectivity index (χ4n) is 3.11. The standard InChI is InChI=1S/C20H16BrClN4O/c21-11-1-3-17-13(7-11)16(10-25-17)19-9-15(20(27)24-6-5-23)14-8-12(22)2-4-18(14)26-19/h1-4,7-10,25H,5-6,23H2,(H,24,27). The Morgan fingerprint density at radius 2 is 2.04 bits per heavy atom. The van der Waals surface area contributed by atoms with Gasteiger partial charge in [-0.1, -0.05) is 27.5 Å². The van der Waals surface area contributed by atoms with Crippen LogP contribution in [-0.4, -0.2) is 29.0 Å². The first-order valence-electron chi connectivity index (χ1n) is 8.42. The first kappa shape index (κ1) is 18.0. The summed E-state index contributed by atoms with van der Waals surface area (Å²) in [5.74, 6) is -0.197. The minimum atomic E-state index is -0.197. The minimum Gasteiger partial charge on any atom is -0.360 e. The van der Waals surface area contributed by atoms with E-state index in [1.54, 1.807) is 18.2 Å². The molecule has 0 bridgehead atoms. The van der Waals surface area contributed by atoms with E-state index >= 15 is 0 Å². The molecule has 4 aromatic rings. The molecule has 4 rings (SSSR count). The Kier molecular flexibility index (Phi) is 4.86. The number of hydrogen-bond acceptors (Lipinski definition) is 3. The van der Waals surface area contributed by atoms with Gasteiger partial charge in [0.05, 0.1) is 16.8 Å². The summed E-state index contributed by atoms with van der Waals surface area (Å²) in [6, 6.07) is 13.2. The van der Waals surface area contributed by atoms with Crippen molar-refractivity contribution in [1.29, 1.82) is 0 Å². The van der Waals surface area contributed by atoms with E-state index in [0.717, 1.165) is 20.9 Å². The lowest BCUT2D eigenvalue weighted by Gasteiger charge is -2.10. The lowest BCUT2D eigenvalue weighted by Crippen LogP contribution is -2.29. The Bertz CT molecular complexity index is 1170. The molecule has 4 N–H and O–H groups in total. The summed E-state index contributed by atoms with van der Waals surface area (Å²) in [7, 11) is 0. The highest BCUT2D eigenvalue weighted by Crippen LogP contribution is 2.32. The normalized spacial score (nSPS) is 11.2. The van der Waals surface area contributed by atoms with Crippen LogP contribution in [0.15, 0.2) is 53.1 Å². The number of aromatic amines is 1. The molecule has 27 heavy (non-hydrogen) atoms. The van der Waals surface area contributed by atoms with Gasteiger partial charge in [0.25, 0.3) is 5.91 Å². The van der Waals surface area contributed by atoms with Gasteiger partial charge < -0.3 is 16.0 Å². The van der Waals surface area contributed by atoms with Crippen molar-refractivity contribution in [2.75, 3.05) is 13.1 Å². The van der Waals surface area contributed by atoms with Gasteiger partial charge in [-0.2, -0.15) is 0 Å². The number of pyridine rings is 1. The maximum atomic E-state index is 12.7. The first-order chi connectivity index (χ1) is 13.1. The fourth-order valence-corrected chi connectivity index (χ4v) is 3.64. The molecular weight excluding hydrogens is 428 g/mol.